The first kappa shape index (κ1) is 28.0. The van der Waals surface area contributed by atoms with Gasteiger partial charge in [-0.3, -0.25) is 0 Å². The van der Waals surface area contributed by atoms with E-state index in [1.807, 2.05) is 0 Å². The Labute approximate surface area is 92.3 Å². The second-order valence-electron chi connectivity index (χ2n) is 0. The van der Waals surface area contributed by atoms with E-state index < -0.39 is 0 Å². The van der Waals surface area contributed by atoms with Crippen LogP contribution in [0.25, 0.3) is 0 Å². The van der Waals surface area contributed by atoms with Crippen LogP contribution in [0, 0.1) is 0 Å². The molecule has 0 nitrogen and oxygen atoms in total. The van der Waals surface area contributed by atoms with Crippen molar-refractivity contribution in [2.24, 2.45) is 0 Å². The zero-order chi connectivity index (χ0) is 0. The normalized spacial score (nSPS) is 0. The van der Waals surface area contributed by atoms with Crippen LogP contribution < -0.4 is 0 Å². The van der Waals surface area contributed by atoms with E-state index in [-0.39, 0.29) is 93.9 Å². The van der Waals surface area contributed by atoms with Gasteiger partial charge in [0.1, 0.15) is 0 Å². The van der Waals surface area contributed by atoms with E-state index in [1.54, 1.807) is 0 Å². The van der Waals surface area contributed by atoms with Gasteiger partial charge in [0.2, 0.25) is 0 Å². The van der Waals surface area contributed by atoms with Crippen LogP contribution in [-0.2, 0) is 27.3 Å². The predicted molar refractivity (Wildman–Crippen MR) is 25.1 cm³/mol. The molecule has 0 saturated heterocycles. The molecule has 0 aliphatic heterocycles. The molecular formula is H6CdMgSeTe. The first-order chi connectivity index (χ1) is 0. The summed E-state index contributed by atoms with van der Waals surface area (Å²) in [5, 5.41) is 0. The van der Waals surface area contributed by atoms with Crippen LogP contribution in [0.4, 0.5) is 0 Å². The Morgan fingerprint density at radius 1 is 1.25 bits per heavy atom. The summed E-state index contributed by atoms with van der Waals surface area (Å²) in [6.45, 7) is 0. The second-order valence-corrected chi connectivity index (χ2v) is 0. The van der Waals surface area contributed by atoms with Crippen LogP contribution in [0.3, 0.4) is 0 Å². The third-order valence-corrected chi connectivity index (χ3v) is 0. The van der Waals surface area contributed by atoms with Gasteiger partial charge in [-0.15, -0.1) is 0 Å². The fourth-order valence-corrected chi connectivity index (χ4v) is 0. The molecule has 0 aliphatic carbocycles. The molecule has 0 spiro atoms. The molecule has 0 fully saturated rings. The van der Waals surface area contributed by atoms with Crippen molar-refractivity contribution in [3.63, 3.8) is 0 Å². The molecule has 0 bridgehead atoms. The Hall–Kier alpha value is 3.00. The molecule has 0 rings (SSSR count). The summed E-state index contributed by atoms with van der Waals surface area (Å²) in [5.41, 5.74) is 0. The van der Waals surface area contributed by atoms with Gasteiger partial charge in [-0.1, -0.05) is 0 Å². The average Bonchev–Trinajstić information content (AvgIpc) is 0. The van der Waals surface area contributed by atoms with E-state index in [2.05, 4.69) is 0 Å². The van der Waals surface area contributed by atoms with Gasteiger partial charge in [0.05, 0.1) is 0 Å². The summed E-state index contributed by atoms with van der Waals surface area (Å²) in [6, 6.07) is 0. The van der Waals surface area contributed by atoms with Crippen molar-refractivity contribution in [1.82, 2.24) is 0 Å². The molecular weight excluding hydrogens is 343 g/mol. The topological polar surface area (TPSA) is 0 Å². The first-order valence-corrected chi connectivity index (χ1v) is 0. The molecule has 0 aromatic carbocycles. The molecule has 0 atom stereocenters. The summed E-state index contributed by atoms with van der Waals surface area (Å²) < 4.78 is 0. The van der Waals surface area contributed by atoms with E-state index in [9.17, 15) is 0 Å². The van der Waals surface area contributed by atoms with E-state index >= 15 is 0 Å². The van der Waals surface area contributed by atoms with Gasteiger partial charge in [-0.05, 0) is 0 Å². The molecule has 0 radical (unpaired) electrons. The van der Waals surface area contributed by atoms with Gasteiger partial charge >= 0.3 is 63.8 Å². The van der Waals surface area contributed by atoms with Crippen molar-refractivity contribution in [3.05, 3.63) is 0 Å². The summed E-state index contributed by atoms with van der Waals surface area (Å²) in [6.07, 6.45) is 0. The molecule has 22 valence electrons. The summed E-state index contributed by atoms with van der Waals surface area (Å²) >= 11 is 0. The number of rotatable bonds is 0. The van der Waals surface area contributed by atoms with Crippen LogP contribution in [0.1, 0.15) is 2.85 Å². The monoisotopic (exact) mass is 354 g/mol. The average molecular weight is 349 g/mol. The van der Waals surface area contributed by atoms with E-state index in [4.69, 9.17) is 0 Å². The van der Waals surface area contributed by atoms with Crippen molar-refractivity contribution < 1.29 is 30.2 Å². The van der Waals surface area contributed by atoms with Crippen LogP contribution in [0.15, 0.2) is 0 Å². The van der Waals surface area contributed by atoms with Crippen LogP contribution in [0.5, 0.6) is 0 Å². The molecule has 0 N–H and O–H groups in total. The zero-order valence-electron chi connectivity index (χ0n) is 4.41. The van der Waals surface area contributed by atoms with Crippen molar-refractivity contribution >= 4 is 63.8 Å². The van der Waals surface area contributed by atoms with Crippen LogP contribution in [-0.4, -0.2) is 63.8 Å². The van der Waals surface area contributed by atoms with Gasteiger partial charge < -0.3 is 2.85 Å². The molecule has 0 saturated carbocycles. The molecule has 0 aromatic rings. The van der Waals surface area contributed by atoms with Crippen LogP contribution >= 0.6 is 0 Å². The van der Waals surface area contributed by atoms with Crippen molar-refractivity contribution in [3.8, 4) is 0 Å². The van der Waals surface area contributed by atoms with Crippen molar-refractivity contribution in [2.45, 2.75) is 0 Å². The Balaban J connectivity index is 0. The summed E-state index contributed by atoms with van der Waals surface area (Å²) in [5.74, 6) is 0. The summed E-state index contributed by atoms with van der Waals surface area (Å²) in [4.78, 5) is 0. The Kier molecular flexibility index (Phi) is 117. The molecule has 0 aliphatic rings. The van der Waals surface area contributed by atoms with Gasteiger partial charge in [-0.25, -0.2) is 0 Å². The molecule has 0 unspecified atom stereocenters. The summed E-state index contributed by atoms with van der Waals surface area (Å²) in [7, 11) is 0. The quantitative estimate of drug-likeness (QED) is 0.445. The standard InChI is InChI=1S/Cd.Mg.H2Se.H2Te.2H/h;;2*1H2;;/q;+2;;;2*-1. The fourth-order valence-electron chi connectivity index (χ4n) is 0. The van der Waals surface area contributed by atoms with E-state index in [0.29, 0.717) is 0 Å². The maximum atomic E-state index is 0. The minimum absolute atomic E-state index is 0. The third-order valence-electron chi connectivity index (χ3n) is 0. The maximum absolute atomic E-state index is 0. The third kappa shape index (κ3) is 8.89. The SMILES string of the molecule is [Cd].[H-].[H-].[Mg+2].[SeH2].[TeH2]. The molecule has 4 heteroatoms. The number of hydrogen-bond donors (Lipinski definition) is 0. The van der Waals surface area contributed by atoms with Gasteiger partial charge in [0, 0.05) is 27.3 Å². The first-order valence-electron chi connectivity index (χ1n) is 0. The second kappa shape index (κ2) is 16.7. The van der Waals surface area contributed by atoms with Crippen molar-refractivity contribution in [2.75, 3.05) is 0 Å². The molecule has 0 amide bonds. The molecule has 0 aromatic heterocycles. The minimum atomic E-state index is 0. The Bertz CT molecular complexity index is 13.5. The Morgan fingerprint density at radius 2 is 1.25 bits per heavy atom. The predicted octanol–water partition coefficient (Wildman–Crippen LogP) is -1.99. The van der Waals surface area contributed by atoms with Gasteiger partial charge in [-0.2, -0.15) is 0 Å². The zero-order valence-corrected chi connectivity index (χ0v) is 12.8. The van der Waals surface area contributed by atoms with Crippen molar-refractivity contribution in [1.29, 1.82) is 0 Å². The van der Waals surface area contributed by atoms with E-state index in [0.717, 1.165) is 0 Å². The Morgan fingerprint density at radius 3 is 1.25 bits per heavy atom. The van der Waals surface area contributed by atoms with E-state index in [1.165, 1.54) is 0 Å². The molecule has 4 heavy (non-hydrogen) atoms. The van der Waals surface area contributed by atoms with Crippen LogP contribution in [0.2, 0.25) is 0 Å². The fraction of sp³-hybridized carbons (Fsp3) is 0. The van der Waals surface area contributed by atoms with Gasteiger partial charge in [0.25, 0.3) is 0 Å². The number of hydrogen-bond acceptors (Lipinski definition) is 0. The van der Waals surface area contributed by atoms with Gasteiger partial charge in [0.15, 0.2) is 0 Å². The molecule has 0 heterocycles.